The zero-order valence-electron chi connectivity index (χ0n) is 14.8. The van der Waals surface area contributed by atoms with E-state index in [1.165, 1.54) is 5.56 Å². The first-order chi connectivity index (χ1) is 10.2. The van der Waals surface area contributed by atoms with Gasteiger partial charge in [-0.1, -0.05) is 26.0 Å². The van der Waals surface area contributed by atoms with E-state index < -0.39 is 10.8 Å². The Kier molecular flexibility index (Phi) is 10.00. The Morgan fingerprint density at radius 2 is 1.87 bits per heavy atom. The molecule has 0 saturated carbocycles. The molecule has 0 aliphatic carbocycles. The van der Waals surface area contributed by atoms with Crippen LogP contribution in [0.5, 0.6) is 0 Å². The highest BCUT2D eigenvalue weighted by atomic mass is 127. The van der Waals surface area contributed by atoms with E-state index in [1.54, 1.807) is 0 Å². The summed E-state index contributed by atoms with van der Waals surface area (Å²) in [6.07, 6.45) is 1.13. The fraction of sp³-hybridized carbons (Fsp3) is 0.588. The van der Waals surface area contributed by atoms with Crippen LogP contribution in [0.3, 0.4) is 0 Å². The van der Waals surface area contributed by atoms with E-state index in [0.717, 1.165) is 12.1 Å². The van der Waals surface area contributed by atoms with Gasteiger partial charge in [0.25, 0.3) is 0 Å². The van der Waals surface area contributed by atoms with Crippen LogP contribution in [0.25, 0.3) is 0 Å². The molecule has 1 aromatic carbocycles. The van der Waals surface area contributed by atoms with Crippen LogP contribution in [-0.4, -0.2) is 27.2 Å². The van der Waals surface area contributed by atoms with Gasteiger partial charge in [-0.2, -0.15) is 0 Å². The van der Waals surface area contributed by atoms with Crippen LogP contribution in [-0.2, 0) is 10.8 Å². The summed E-state index contributed by atoms with van der Waals surface area (Å²) in [6.45, 7) is 10.8. The molecule has 1 rings (SSSR count). The molecule has 1 aromatic rings. The van der Waals surface area contributed by atoms with Crippen molar-refractivity contribution in [3.05, 3.63) is 29.8 Å². The number of benzene rings is 1. The van der Waals surface area contributed by atoms with Crippen molar-refractivity contribution in [1.29, 1.82) is 0 Å². The molecule has 2 unspecified atom stereocenters. The van der Waals surface area contributed by atoms with Crippen molar-refractivity contribution < 1.29 is 4.21 Å². The number of hydrogen-bond acceptors (Lipinski definition) is 2. The first kappa shape index (κ1) is 22.4. The van der Waals surface area contributed by atoms with E-state index in [0.29, 0.717) is 24.2 Å². The normalized spacial score (nSPS) is 14.7. The molecule has 132 valence electrons. The van der Waals surface area contributed by atoms with Gasteiger partial charge in [-0.15, -0.1) is 24.0 Å². The fourth-order valence-corrected chi connectivity index (χ4v) is 2.74. The van der Waals surface area contributed by atoms with E-state index in [-0.39, 0.29) is 28.7 Å². The molecule has 0 spiro atoms. The van der Waals surface area contributed by atoms with E-state index in [4.69, 9.17) is 5.73 Å². The van der Waals surface area contributed by atoms with Crippen molar-refractivity contribution in [1.82, 2.24) is 0 Å². The molecule has 0 aromatic heterocycles. The third kappa shape index (κ3) is 8.15. The zero-order valence-corrected chi connectivity index (χ0v) is 17.9. The molecule has 0 bridgehead atoms. The SMILES string of the molecule is CCC(C)c1ccc(NC(N)=NCCS(=O)C(C)(C)C)cc1.I. The summed E-state index contributed by atoms with van der Waals surface area (Å²) in [6, 6.07) is 8.24. The molecule has 0 amide bonds. The van der Waals surface area contributed by atoms with Crippen molar-refractivity contribution in [2.75, 3.05) is 17.6 Å². The summed E-state index contributed by atoms with van der Waals surface area (Å²) in [5, 5.41) is 3.07. The Bertz CT molecular complexity index is 524. The highest BCUT2D eigenvalue weighted by Crippen LogP contribution is 2.20. The summed E-state index contributed by atoms with van der Waals surface area (Å²) < 4.78 is 11.7. The number of nitrogens with one attached hydrogen (secondary N) is 1. The number of nitrogens with two attached hydrogens (primary N) is 1. The molecule has 0 aliphatic rings. The van der Waals surface area contributed by atoms with Gasteiger partial charge in [0.2, 0.25) is 0 Å². The average molecular weight is 451 g/mol. The largest absolute Gasteiger partial charge is 0.370 e. The maximum absolute atomic E-state index is 11.9. The first-order valence-electron chi connectivity index (χ1n) is 7.79. The lowest BCUT2D eigenvalue weighted by Crippen LogP contribution is -2.27. The van der Waals surface area contributed by atoms with Crippen molar-refractivity contribution in [2.24, 2.45) is 10.7 Å². The highest BCUT2D eigenvalue weighted by molar-refractivity contribution is 14.0. The summed E-state index contributed by atoms with van der Waals surface area (Å²) in [5.74, 6) is 1.45. The Balaban J connectivity index is 0.00000484. The minimum Gasteiger partial charge on any atom is -0.370 e. The Hall–Kier alpha value is -0.630. The molecule has 0 aliphatic heterocycles. The second-order valence-corrected chi connectivity index (χ2v) is 8.81. The Labute approximate surface area is 160 Å². The third-order valence-electron chi connectivity index (χ3n) is 3.61. The number of aliphatic imine (C=N–C) groups is 1. The maximum Gasteiger partial charge on any atom is 0.193 e. The van der Waals surface area contributed by atoms with Gasteiger partial charge in [0.05, 0.1) is 6.54 Å². The van der Waals surface area contributed by atoms with E-state index in [1.807, 2.05) is 32.9 Å². The molecule has 0 fully saturated rings. The van der Waals surface area contributed by atoms with Gasteiger partial charge in [0, 0.05) is 27.0 Å². The van der Waals surface area contributed by atoms with Crippen molar-refractivity contribution >= 4 is 46.4 Å². The molecule has 3 N–H and O–H groups in total. The van der Waals surface area contributed by atoms with Gasteiger partial charge < -0.3 is 11.1 Å². The van der Waals surface area contributed by atoms with Crippen LogP contribution in [0.1, 0.15) is 52.5 Å². The van der Waals surface area contributed by atoms with Gasteiger partial charge >= 0.3 is 0 Å². The molecule has 0 radical (unpaired) electrons. The summed E-state index contributed by atoms with van der Waals surface area (Å²) >= 11 is 0. The monoisotopic (exact) mass is 451 g/mol. The molecule has 0 heterocycles. The van der Waals surface area contributed by atoms with E-state index in [9.17, 15) is 4.21 Å². The molecule has 23 heavy (non-hydrogen) atoms. The van der Waals surface area contributed by atoms with Gasteiger partial charge in [-0.05, 0) is 50.8 Å². The maximum atomic E-state index is 11.9. The lowest BCUT2D eigenvalue weighted by molar-refractivity contribution is 0.648. The number of rotatable bonds is 6. The number of anilines is 1. The molecular weight excluding hydrogens is 421 g/mol. The van der Waals surface area contributed by atoms with E-state index >= 15 is 0 Å². The smallest absolute Gasteiger partial charge is 0.193 e. The van der Waals surface area contributed by atoms with Crippen molar-refractivity contribution in [3.8, 4) is 0 Å². The van der Waals surface area contributed by atoms with Crippen LogP contribution < -0.4 is 11.1 Å². The summed E-state index contributed by atoms with van der Waals surface area (Å²) in [4.78, 5) is 4.24. The topological polar surface area (TPSA) is 67.5 Å². The van der Waals surface area contributed by atoms with Crippen molar-refractivity contribution in [2.45, 2.75) is 51.7 Å². The van der Waals surface area contributed by atoms with Crippen molar-refractivity contribution in [3.63, 3.8) is 0 Å². The lowest BCUT2D eigenvalue weighted by Gasteiger charge is -2.16. The molecular formula is C17H30IN3OS. The minimum absolute atomic E-state index is 0. The van der Waals surface area contributed by atoms with Crippen LogP contribution in [0.15, 0.2) is 29.3 Å². The predicted octanol–water partition coefficient (Wildman–Crippen LogP) is 4.09. The lowest BCUT2D eigenvalue weighted by atomic mass is 9.99. The molecule has 0 saturated heterocycles. The number of halogens is 1. The van der Waals surface area contributed by atoms with Crippen LogP contribution in [0.2, 0.25) is 0 Å². The Morgan fingerprint density at radius 1 is 1.30 bits per heavy atom. The van der Waals surface area contributed by atoms with Gasteiger partial charge in [0.1, 0.15) is 0 Å². The Morgan fingerprint density at radius 3 is 2.35 bits per heavy atom. The van der Waals surface area contributed by atoms with Crippen LogP contribution in [0.4, 0.5) is 5.69 Å². The number of nitrogens with zero attached hydrogens (tertiary/aromatic N) is 1. The molecule has 4 nitrogen and oxygen atoms in total. The highest BCUT2D eigenvalue weighted by Gasteiger charge is 2.18. The molecule has 6 heteroatoms. The second kappa shape index (κ2) is 10.3. The minimum atomic E-state index is -0.900. The molecule has 2 atom stereocenters. The fourth-order valence-electron chi connectivity index (χ4n) is 1.87. The van der Waals surface area contributed by atoms with Crippen LogP contribution >= 0.6 is 24.0 Å². The quantitative estimate of drug-likeness (QED) is 0.389. The number of guanidine groups is 1. The van der Waals surface area contributed by atoms with Gasteiger partial charge in [-0.25, -0.2) is 0 Å². The standard InChI is InChI=1S/C17H29N3OS.HI/c1-6-13(2)14-7-9-15(10-8-14)20-16(18)19-11-12-22(21)17(3,4)5;/h7-10,13H,6,11-12H2,1-5H3,(H3,18,19,20);1H. The van der Waals surface area contributed by atoms with Crippen LogP contribution in [0, 0.1) is 0 Å². The summed E-state index contributed by atoms with van der Waals surface area (Å²) in [5.41, 5.74) is 8.11. The van der Waals surface area contributed by atoms with E-state index in [2.05, 4.69) is 36.3 Å². The predicted molar refractivity (Wildman–Crippen MR) is 113 cm³/mol. The third-order valence-corrected chi connectivity index (χ3v) is 5.53. The number of hydrogen-bond donors (Lipinski definition) is 2. The van der Waals surface area contributed by atoms with Gasteiger partial charge in [-0.3, -0.25) is 9.20 Å². The summed E-state index contributed by atoms with van der Waals surface area (Å²) in [7, 11) is -0.900. The van der Waals surface area contributed by atoms with Gasteiger partial charge in [0.15, 0.2) is 5.96 Å². The zero-order chi connectivity index (χ0) is 16.8. The first-order valence-corrected chi connectivity index (χ1v) is 9.11. The second-order valence-electron chi connectivity index (χ2n) is 6.49. The average Bonchev–Trinajstić information content (AvgIpc) is 2.46.